The molecule has 0 atom stereocenters. The predicted molar refractivity (Wildman–Crippen MR) is 85.2 cm³/mol. The Morgan fingerprint density at radius 1 is 1.18 bits per heavy atom. The SMILES string of the molecule is CCOC(=O)C1CC[N+](C)(CCCC(=O)OC(C)(C)C)CC1. The first-order valence-electron chi connectivity index (χ1n) is 8.37. The number of esters is 2. The van der Waals surface area contributed by atoms with Gasteiger partial charge in [-0.25, -0.2) is 0 Å². The fourth-order valence-electron chi connectivity index (χ4n) is 2.91. The van der Waals surface area contributed by atoms with Gasteiger partial charge in [-0.1, -0.05) is 0 Å². The zero-order valence-corrected chi connectivity index (χ0v) is 14.8. The summed E-state index contributed by atoms with van der Waals surface area (Å²) >= 11 is 0. The van der Waals surface area contributed by atoms with Crippen molar-refractivity contribution in [3.63, 3.8) is 0 Å². The van der Waals surface area contributed by atoms with Crippen LogP contribution in [-0.2, 0) is 19.1 Å². The van der Waals surface area contributed by atoms with Crippen molar-refractivity contribution in [2.45, 2.75) is 59.0 Å². The van der Waals surface area contributed by atoms with Gasteiger partial charge in [-0.15, -0.1) is 0 Å². The fraction of sp³-hybridized carbons (Fsp3) is 0.882. The van der Waals surface area contributed by atoms with Crippen LogP contribution in [0.3, 0.4) is 0 Å². The molecule has 0 bridgehead atoms. The third-order valence-corrected chi connectivity index (χ3v) is 4.15. The van der Waals surface area contributed by atoms with Gasteiger partial charge in [0.1, 0.15) is 5.60 Å². The monoisotopic (exact) mass is 314 g/mol. The summed E-state index contributed by atoms with van der Waals surface area (Å²) in [6.07, 6.45) is 3.05. The normalized spacial score (nSPS) is 25.6. The first-order chi connectivity index (χ1) is 10.2. The Kier molecular flexibility index (Phi) is 6.85. The van der Waals surface area contributed by atoms with Crippen molar-refractivity contribution in [1.29, 1.82) is 0 Å². The summed E-state index contributed by atoms with van der Waals surface area (Å²) in [5, 5.41) is 0. The van der Waals surface area contributed by atoms with E-state index in [1.54, 1.807) is 0 Å². The molecule has 5 heteroatoms. The molecule has 0 saturated carbocycles. The van der Waals surface area contributed by atoms with E-state index in [9.17, 15) is 9.59 Å². The van der Waals surface area contributed by atoms with Crippen molar-refractivity contribution in [1.82, 2.24) is 0 Å². The number of piperidine rings is 1. The number of carbonyl (C=O) groups is 2. The lowest BCUT2D eigenvalue weighted by molar-refractivity contribution is -0.915. The molecule has 0 aromatic heterocycles. The molecule has 128 valence electrons. The Balaban J connectivity index is 2.30. The third kappa shape index (κ3) is 6.77. The van der Waals surface area contributed by atoms with Gasteiger partial charge in [-0.2, -0.15) is 0 Å². The van der Waals surface area contributed by atoms with Crippen LogP contribution < -0.4 is 0 Å². The van der Waals surface area contributed by atoms with Gasteiger partial charge in [-0.05, 0) is 27.7 Å². The van der Waals surface area contributed by atoms with Crippen LogP contribution in [0.15, 0.2) is 0 Å². The minimum Gasteiger partial charge on any atom is -0.466 e. The highest BCUT2D eigenvalue weighted by molar-refractivity contribution is 5.72. The molecule has 0 N–H and O–H groups in total. The number of hydrogen-bond acceptors (Lipinski definition) is 4. The van der Waals surface area contributed by atoms with Gasteiger partial charge in [0.2, 0.25) is 0 Å². The topological polar surface area (TPSA) is 52.6 Å². The lowest BCUT2D eigenvalue weighted by Gasteiger charge is -2.40. The summed E-state index contributed by atoms with van der Waals surface area (Å²) in [4.78, 5) is 23.5. The van der Waals surface area contributed by atoms with Gasteiger partial charge < -0.3 is 14.0 Å². The van der Waals surface area contributed by atoms with E-state index < -0.39 is 5.60 Å². The molecular formula is C17H32NO4+. The van der Waals surface area contributed by atoms with E-state index in [-0.39, 0.29) is 17.9 Å². The number of quaternary nitrogens is 1. The summed E-state index contributed by atoms with van der Waals surface area (Å²) < 4.78 is 11.4. The molecule has 1 saturated heterocycles. The highest BCUT2D eigenvalue weighted by Gasteiger charge is 2.34. The van der Waals surface area contributed by atoms with Crippen LogP contribution in [0.5, 0.6) is 0 Å². The van der Waals surface area contributed by atoms with Gasteiger partial charge >= 0.3 is 11.9 Å². The predicted octanol–water partition coefficient (Wildman–Crippen LogP) is 2.53. The molecule has 1 aliphatic rings. The maximum absolute atomic E-state index is 11.8. The smallest absolute Gasteiger partial charge is 0.309 e. The minimum absolute atomic E-state index is 0.0528. The van der Waals surface area contributed by atoms with Gasteiger partial charge in [0.05, 0.1) is 45.6 Å². The standard InChI is InChI=1S/C17H32NO4/c1-6-21-16(20)14-9-12-18(5,13-10-14)11-7-8-15(19)22-17(2,3)4/h14H,6-13H2,1-5H3/q+1. The van der Waals surface area contributed by atoms with E-state index in [4.69, 9.17) is 9.47 Å². The Bertz CT molecular complexity index is 379. The second-order valence-corrected chi connectivity index (χ2v) is 7.51. The Labute approximate surface area is 134 Å². The molecule has 1 heterocycles. The van der Waals surface area contributed by atoms with Crippen LogP contribution >= 0.6 is 0 Å². The van der Waals surface area contributed by atoms with E-state index in [0.717, 1.165) is 43.4 Å². The first-order valence-corrected chi connectivity index (χ1v) is 8.37. The minimum atomic E-state index is -0.409. The van der Waals surface area contributed by atoms with Crippen LogP contribution in [0.25, 0.3) is 0 Å². The third-order valence-electron chi connectivity index (χ3n) is 4.15. The highest BCUT2D eigenvalue weighted by Crippen LogP contribution is 2.24. The maximum Gasteiger partial charge on any atom is 0.309 e. The Morgan fingerprint density at radius 3 is 2.27 bits per heavy atom. The molecule has 1 aliphatic heterocycles. The van der Waals surface area contributed by atoms with Gasteiger partial charge in [0, 0.05) is 19.3 Å². The largest absolute Gasteiger partial charge is 0.466 e. The number of carbonyl (C=O) groups excluding carboxylic acids is 2. The van der Waals surface area contributed by atoms with Crippen LogP contribution in [-0.4, -0.2) is 55.3 Å². The Morgan fingerprint density at radius 2 is 1.77 bits per heavy atom. The van der Waals surface area contributed by atoms with E-state index >= 15 is 0 Å². The molecule has 22 heavy (non-hydrogen) atoms. The van der Waals surface area contributed by atoms with Gasteiger partial charge in [0.25, 0.3) is 0 Å². The van der Waals surface area contributed by atoms with Crippen molar-refractivity contribution < 1.29 is 23.5 Å². The number of likely N-dealkylation sites (tertiary alicyclic amines) is 1. The van der Waals surface area contributed by atoms with Crippen molar-refractivity contribution >= 4 is 11.9 Å². The quantitative estimate of drug-likeness (QED) is 0.558. The average Bonchev–Trinajstić information content (AvgIpc) is 2.37. The molecule has 0 aromatic rings. The number of ether oxygens (including phenoxy) is 2. The molecule has 0 spiro atoms. The Hall–Kier alpha value is -1.10. The summed E-state index contributed by atoms with van der Waals surface area (Å²) in [5.41, 5.74) is -0.409. The molecule has 0 aromatic carbocycles. The highest BCUT2D eigenvalue weighted by atomic mass is 16.6. The average molecular weight is 314 g/mol. The van der Waals surface area contributed by atoms with Crippen molar-refractivity contribution in [3.8, 4) is 0 Å². The number of rotatable bonds is 6. The lowest BCUT2D eigenvalue weighted by atomic mass is 9.95. The molecule has 0 unspecified atom stereocenters. The zero-order valence-electron chi connectivity index (χ0n) is 14.8. The number of hydrogen-bond donors (Lipinski definition) is 0. The zero-order chi connectivity index (χ0) is 16.8. The van der Waals surface area contributed by atoms with Gasteiger partial charge in [0.15, 0.2) is 0 Å². The van der Waals surface area contributed by atoms with E-state index in [2.05, 4.69) is 7.05 Å². The molecule has 5 nitrogen and oxygen atoms in total. The van der Waals surface area contributed by atoms with E-state index in [1.807, 2.05) is 27.7 Å². The van der Waals surface area contributed by atoms with E-state index in [1.165, 1.54) is 0 Å². The fourth-order valence-corrected chi connectivity index (χ4v) is 2.91. The summed E-state index contributed by atoms with van der Waals surface area (Å²) in [5.74, 6) is -0.125. The molecule has 1 fully saturated rings. The van der Waals surface area contributed by atoms with Crippen LogP contribution in [0, 0.1) is 5.92 Å². The second-order valence-electron chi connectivity index (χ2n) is 7.51. The van der Waals surface area contributed by atoms with Gasteiger partial charge in [-0.3, -0.25) is 9.59 Å². The lowest BCUT2D eigenvalue weighted by Crippen LogP contribution is -2.51. The van der Waals surface area contributed by atoms with Crippen molar-refractivity contribution in [3.05, 3.63) is 0 Å². The molecule has 0 radical (unpaired) electrons. The van der Waals surface area contributed by atoms with Crippen LogP contribution in [0.4, 0.5) is 0 Å². The van der Waals surface area contributed by atoms with Crippen LogP contribution in [0.2, 0.25) is 0 Å². The summed E-state index contributed by atoms with van der Waals surface area (Å²) in [6.45, 7) is 10.9. The molecule has 0 aliphatic carbocycles. The maximum atomic E-state index is 11.8. The molecule has 0 amide bonds. The first kappa shape index (κ1) is 18.9. The number of nitrogens with zero attached hydrogens (tertiary/aromatic N) is 1. The molecule has 1 rings (SSSR count). The second kappa shape index (κ2) is 7.95. The summed E-state index contributed by atoms with van der Waals surface area (Å²) in [6, 6.07) is 0. The van der Waals surface area contributed by atoms with E-state index in [0.29, 0.717) is 13.0 Å². The van der Waals surface area contributed by atoms with Crippen LogP contribution in [0.1, 0.15) is 53.4 Å². The molecular weight excluding hydrogens is 282 g/mol. The van der Waals surface area contributed by atoms with Crippen molar-refractivity contribution in [2.24, 2.45) is 5.92 Å². The summed E-state index contributed by atoms with van der Waals surface area (Å²) in [7, 11) is 2.20. The van der Waals surface area contributed by atoms with Crippen molar-refractivity contribution in [2.75, 3.05) is 33.3 Å².